The lowest BCUT2D eigenvalue weighted by Crippen LogP contribution is -2.49. The van der Waals surface area contributed by atoms with Crippen LogP contribution >= 0.6 is 0 Å². The molecule has 0 aromatic carbocycles. The van der Waals surface area contributed by atoms with Gasteiger partial charge in [0.2, 0.25) is 0 Å². The van der Waals surface area contributed by atoms with Crippen LogP contribution in [0.15, 0.2) is 0 Å². The highest BCUT2D eigenvalue weighted by Gasteiger charge is 2.44. The zero-order chi connectivity index (χ0) is 16.0. The monoisotopic (exact) mass is 299 g/mol. The van der Waals surface area contributed by atoms with Gasteiger partial charge in [-0.15, -0.1) is 0 Å². The predicted molar refractivity (Wildman–Crippen MR) is 86.2 cm³/mol. The highest BCUT2D eigenvalue weighted by atomic mass is 16.5. The maximum atomic E-state index is 12.0. The Morgan fingerprint density at radius 3 is 2.57 bits per heavy atom. The number of hydrogen-bond acceptors (Lipinski definition) is 5. The summed E-state index contributed by atoms with van der Waals surface area (Å²) in [7, 11) is 4.18. The summed E-state index contributed by atoms with van der Waals surface area (Å²) in [5.41, 5.74) is 5.51. The SMILES string of the molecule is CCOC(=O)C1(N)CCC(N(CCN(C)C)CC(C)C)C1. The maximum Gasteiger partial charge on any atom is 0.326 e. The molecule has 0 aromatic heterocycles. The minimum atomic E-state index is -0.784. The number of ether oxygens (including phenoxy) is 1. The molecule has 2 unspecified atom stereocenters. The molecule has 0 bridgehead atoms. The number of rotatable bonds is 8. The molecule has 0 heterocycles. The second-order valence-electron chi connectivity index (χ2n) is 6.97. The van der Waals surface area contributed by atoms with Gasteiger partial charge >= 0.3 is 5.97 Å². The molecule has 0 saturated heterocycles. The number of esters is 1. The van der Waals surface area contributed by atoms with Crippen LogP contribution in [0, 0.1) is 5.92 Å². The van der Waals surface area contributed by atoms with Crippen molar-refractivity contribution in [3.8, 4) is 0 Å². The van der Waals surface area contributed by atoms with Gasteiger partial charge in [-0.25, -0.2) is 0 Å². The van der Waals surface area contributed by atoms with Crippen molar-refractivity contribution in [2.75, 3.05) is 40.3 Å². The van der Waals surface area contributed by atoms with Crippen LogP contribution in [0.1, 0.15) is 40.0 Å². The molecule has 124 valence electrons. The van der Waals surface area contributed by atoms with E-state index in [2.05, 4.69) is 37.7 Å². The molecule has 2 atom stereocenters. The van der Waals surface area contributed by atoms with E-state index < -0.39 is 5.54 Å². The Morgan fingerprint density at radius 1 is 1.38 bits per heavy atom. The summed E-state index contributed by atoms with van der Waals surface area (Å²) < 4.78 is 5.15. The highest BCUT2D eigenvalue weighted by molar-refractivity contribution is 5.81. The Hall–Kier alpha value is -0.650. The van der Waals surface area contributed by atoms with Gasteiger partial charge in [-0.05, 0) is 46.2 Å². The largest absolute Gasteiger partial charge is 0.465 e. The zero-order valence-corrected chi connectivity index (χ0v) is 14.4. The third kappa shape index (κ3) is 5.57. The Morgan fingerprint density at radius 2 is 2.05 bits per heavy atom. The first kappa shape index (κ1) is 18.4. The van der Waals surface area contributed by atoms with E-state index in [4.69, 9.17) is 10.5 Å². The van der Waals surface area contributed by atoms with Crippen molar-refractivity contribution < 1.29 is 9.53 Å². The average Bonchev–Trinajstić information content (AvgIpc) is 2.78. The van der Waals surface area contributed by atoms with Crippen molar-refractivity contribution in [3.05, 3.63) is 0 Å². The fourth-order valence-electron chi connectivity index (χ4n) is 3.04. The van der Waals surface area contributed by atoms with Gasteiger partial charge in [0.15, 0.2) is 0 Å². The van der Waals surface area contributed by atoms with Gasteiger partial charge in [0.25, 0.3) is 0 Å². The smallest absolute Gasteiger partial charge is 0.326 e. The topological polar surface area (TPSA) is 58.8 Å². The number of carbonyl (C=O) groups is 1. The third-order valence-electron chi connectivity index (χ3n) is 4.16. The van der Waals surface area contributed by atoms with Crippen LogP contribution < -0.4 is 5.73 Å². The van der Waals surface area contributed by atoms with Gasteiger partial charge in [0.05, 0.1) is 6.61 Å². The summed E-state index contributed by atoms with van der Waals surface area (Å²) in [5.74, 6) is 0.382. The van der Waals surface area contributed by atoms with Gasteiger partial charge in [-0.3, -0.25) is 9.69 Å². The van der Waals surface area contributed by atoms with Gasteiger partial charge in [0.1, 0.15) is 5.54 Å². The normalized spacial score (nSPS) is 26.0. The van der Waals surface area contributed by atoms with Crippen LogP contribution in [0.4, 0.5) is 0 Å². The molecule has 5 heteroatoms. The lowest BCUT2D eigenvalue weighted by atomic mass is 9.99. The fourth-order valence-corrected chi connectivity index (χ4v) is 3.04. The molecule has 0 amide bonds. The Bertz CT molecular complexity index is 333. The summed E-state index contributed by atoms with van der Waals surface area (Å²) in [4.78, 5) is 16.7. The van der Waals surface area contributed by atoms with E-state index in [0.29, 0.717) is 25.0 Å². The van der Waals surface area contributed by atoms with Gasteiger partial charge < -0.3 is 15.4 Å². The molecule has 1 aliphatic carbocycles. The van der Waals surface area contributed by atoms with E-state index >= 15 is 0 Å². The van der Waals surface area contributed by atoms with E-state index in [1.807, 2.05) is 6.92 Å². The van der Waals surface area contributed by atoms with E-state index in [0.717, 1.165) is 32.5 Å². The summed E-state index contributed by atoms with van der Waals surface area (Å²) in [5, 5.41) is 0. The molecule has 1 aliphatic rings. The fraction of sp³-hybridized carbons (Fsp3) is 0.938. The standard InChI is InChI=1S/C16H33N3O2/c1-6-21-15(20)16(17)8-7-14(11-16)19(12-13(2)3)10-9-18(4)5/h13-14H,6-12,17H2,1-5H3. The maximum absolute atomic E-state index is 12.0. The molecule has 0 spiro atoms. The molecule has 0 radical (unpaired) electrons. The molecule has 5 nitrogen and oxygen atoms in total. The summed E-state index contributed by atoms with van der Waals surface area (Å²) in [6.07, 6.45) is 2.43. The lowest BCUT2D eigenvalue weighted by Gasteiger charge is -2.32. The Kier molecular flexibility index (Phi) is 7.10. The number of nitrogens with zero attached hydrogens (tertiary/aromatic N) is 2. The quantitative estimate of drug-likeness (QED) is 0.685. The molecule has 1 rings (SSSR count). The highest BCUT2D eigenvalue weighted by Crippen LogP contribution is 2.32. The van der Waals surface area contributed by atoms with Crippen molar-refractivity contribution in [1.29, 1.82) is 0 Å². The van der Waals surface area contributed by atoms with Crippen molar-refractivity contribution in [2.45, 2.75) is 51.6 Å². The van der Waals surface area contributed by atoms with Crippen molar-refractivity contribution in [2.24, 2.45) is 11.7 Å². The molecule has 0 aliphatic heterocycles. The third-order valence-corrected chi connectivity index (χ3v) is 4.16. The van der Waals surface area contributed by atoms with Crippen LogP contribution in [0.5, 0.6) is 0 Å². The Labute approximate surface area is 129 Å². The van der Waals surface area contributed by atoms with Crippen LogP contribution in [0.25, 0.3) is 0 Å². The van der Waals surface area contributed by atoms with Crippen LogP contribution in [-0.2, 0) is 9.53 Å². The minimum Gasteiger partial charge on any atom is -0.465 e. The van der Waals surface area contributed by atoms with Gasteiger partial charge in [-0.2, -0.15) is 0 Å². The second kappa shape index (κ2) is 8.11. The molecule has 2 N–H and O–H groups in total. The van der Waals surface area contributed by atoms with E-state index in [1.54, 1.807) is 0 Å². The number of carbonyl (C=O) groups excluding carboxylic acids is 1. The van der Waals surface area contributed by atoms with Crippen molar-refractivity contribution >= 4 is 5.97 Å². The predicted octanol–water partition coefficient (Wildman–Crippen LogP) is 1.32. The van der Waals surface area contributed by atoms with Crippen LogP contribution in [-0.4, -0.2) is 67.7 Å². The molecule has 1 saturated carbocycles. The van der Waals surface area contributed by atoms with Gasteiger partial charge in [0, 0.05) is 25.7 Å². The summed E-state index contributed by atoms with van der Waals surface area (Å²) >= 11 is 0. The van der Waals surface area contributed by atoms with E-state index in [1.165, 1.54) is 0 Å². The molecular formula is C16H33N3O2. The van der Waals surface area contributed by atoms with E-state index in [-0.39, 0.29) is 5.97 Å². The Balaban J connectivity index is 2.65. The van der Waals surface area contributed by atoms with Crippen LogP contribution in [0.3, 0.4) is 0 Å². The first-order chi connectivity index (χ1) is 9.78. The zero-order valence-electron chi connectivity index (χ0n) is 14.4. The molecule has 21 heavy (non-hydrogen) atoms. The lowest BCUT2D eigenvalue weighted by molar-refractivity contribution is -0.149. The summed E-state index contributed by atoms with van der Waals surface area (Å²) in [6.45, 7) is 9.80. The number of likely N-dealkylation sites (N-methyl/N-ethyl adjacent to an activating group) is 1. The first-order valence-electron chi connectivity index (χ1n) is 8.13. The minimum absolute atomic E-state index is 0.232. The van der Waals surface area contributed by atoms with Crippen LogP contribution in [0.2, 0.25) is 0 Å². The summed E-state index contributed by atoms with van der Waals surface area (Å²) in [6, 6.07) is 0.391. The molecule has 1 fully saturated rings. The molecular weight excluding hydrogens is 266 g/mol. The van der Waals surface area contributed by atoms with Crippen molar-refractivity contribution in [3.63, 3.8) is 0 Å². The van der Waals surface area contributed by atoms with Gasteiger partial charge in [-0.1, -0.05) is 13.8 Å². The van der Waals surface area contributed by atoms with E-state index in [9.17, 15) is 4.79 Å². The first-order valence-corrected chi connectivity index (χ1v) is 8.13. The number of hydrogen-bond donors (Lipinski definition) is 1. The van der Waals surface area contributed by atoms with Crippen molar-refractivity contribution in [1.82, 2.24) is 9.80 Å². The second-order valence-corrected chi connectivity index (χ2v) is 6.97. The average molecular weight is 299 g/mol. The molecule has 0 aromatic rings. The number of nitrogens with two attached hydrogens (primary N) is 1.